The molecule has 0 unspecified atom stereocenters. The molecule has 0 spiro atoms. The number of halogens is 2. The van der Waals surface area contributed by atoms with E-state index in [0.29, 0.717) is 16.6 Å². The SMILES string of the molecule is Cc1ccccc1-c1c(N)noc1-c1cc(Br)ccc1Cl. The Balaban J connectivity index is 2.27. The highest BCUT2D eigenvalue weighted by molar-refractivity contribution is 9.10. The zero-order chi connectivity index (χ0) is 15.0. The zero-order valence-electron chi connectivity index (χ0n) is 11.2. The molecule has 3 nitrogen and oxygen atoms in total. The molecule has 0 bridgehead atoms. The average Bonchev–Trinajstić information content (AvgIpc) is 2.84. The van der Waals surface area contributed by atoms with Crippen LogP contribution in [0.15, 0.2) is 51.5 Å². The molecule has 2 N–H and O–H groups in total. The molecule has 2 aromatic carbocycles. The van der Waals surface area contributed by atoms with Crippen molar-refractivity contribution in [2.24, 2.45) is 0 Å². The predicted octanol–water partition coefficient (Wildman–Crippen LogP) is 5.32. The van der Waals surface area contributed by atoms with Gasteiger partial charge in [0.1, 0.15) is 0 Å². The summed E-state index contributed by atoms with van der Waals surface area (Å²) in [7, 11) is 0. The third-order valence-corrected chi connectivity index (χ3v) is 4.13. The number of anilines is 1. The van der Waals surface area contributed by atoms with Crippen LogP contribution < -0.4 is 5.73 Å². The van der Waals surface area contributed by atoms with Crippen LogP contribution in [0.5, 0.6) is 0 Å². The smallest absolute Gasteiger partial charge is 0.178 e. The molecule has 3 aromatic rings. The van der Waals surface area contributed by atoms with E-state index >= 15 is 0 Å². The molecule has 1 heterocycles. The van der Waals surface area contributed by atoms with Gasteiger partial charge in [0, 0.05) is 10.0 Å². The minimum absolute atomic E-state index is 0.357. The number of aromatic nitrogens is 1. The molecule has 0 radical (unpaired) electrons. The van der Waals surface area contributed by atoms with E-state index in [0.717, 1.165) is 26.7 Å². The van der Waals surface area contributed by atoms with Gasteiger partial charge in [-0.3, -0.25) is 0 Å². The Morgan fingerprint density at radius 1 is 1.14 bits per heavy atom. The van der Waals surface area contributed by atoms with E-state index in [4.69, 9.17) is 21.9 Å². The monoisotopic (exact) mass is 362 g/mol. The second kappa shape index (κ2) is 5.54. The maximum atomic E-state index is 6.29. The minimum atomic E-state index is 0.357. The van der Waals surface area contributed by atoms with E-state index < -0.39 is 0 Å². The first kappa shape index (κ1) is 14.2. The van der Waals surface area contributed by atoms with Crippen LogP contribution in [0, 0.1) is 6.92 Å². The molecule has 0 saturated carbocycles. The second-order valence-electron chi connectivity index (χ2n) is 4.71. The average molecular weight is 364 g/mol. The van der Waals surface area contributed by atoms with Gasteiger partial charge in [0.25, 0.3) is 0 Å². The largest absolute Gasteiger partial charge is 0.380 e. The lowest BCUT2D eigenvalue weighted by Crippen LogP contribution is -1.91. The third kappa shape index (κ3) is 2.57. The Labute approximate surface area is 135 Å². The summed E-state index contributed by atoms with van der Waals surface area (Å²) in [5, 5.41) is 4.50. The Hall–Kier alpha value is -1.78. The molecular weight excluding hydrogens is 352 g/mol. The van der Waals surface area contributed by atoms with Gasteiger partial charge in [0.2, 0.25) is 0 Å². The lowest BCUT2D eigenvalue weighted by atomic mass is 9.98. The second-order valence-corrected chi connectivity index (χ2v) is 6.03. The van der Waals surface area contributed by atoms with Crippen LogP contribution in [0.3, 0.4) is 0 Å². The fourth-order valence-corrected chi connectivity index (χ4v) is 2.84. The van der Waals surface area contributed by atoms with Crippen LogP contribution in [0.4, 0.5) is 5.82 Å². The maximum absolute atomic E-state index is 6.29. The summed E-state index contributed by atoms with van der Waals surface area (Å²) in [6.45, 7) is 2.02. The number of hydrogen-bond acceptors (Lipinski definition) is 3. The first-order valence-corrected chi connectivity index (χ1v) is 7.51. The summed E-state index contributed by atoms with van der Waals surface area (Å²) >= 11 is 9.73. The Morgan fingerprint density at radius 3 is 2.67 bits per heavy atom. The molecule has 0 aliphatic heterocycles. The zero-order valence-corrected chi connectivity index (χ0v) is 13.6. The van der Waals surface area contributed by atoms with E-state index in [-0.39, 0.29) is 0 Å². The van der Waals surface area contributed by atoms with Crippen LogP contribution >= 0.6 is 27.5 Å². The molecule has 3 rings (SSSR count). The topological polar surface area (TPSA) is 52.0 Å². The highest BCUT2D eigenvalue weighted by Gasteiger charge is 2.20. The molecule has 0 saturated heterocycles. The molecule has 5 heteroatoms. The summed E-state index contributed by atoms with van der Waals surface area (Å²) in [5.74, 6) is 0.934. The van der Waals surface area contributed by atoms with Crippen molar-refractivity contribution < 1.29 is 4.52 Å². The first-order chi connectivity index (χ1) is 10.1. The lowest BCUT2D eigenvalue weighted by Gasteiger charge is -2.07. The van der Waals surface area contributed by atoms with Gasteiger partial charge in [-0.15, -0.1) is 0 Å². The number of nitrogens with zero attached hydrogens (tertiary/aromatic N) is 1. The summed E-state index contributed by atoms with van der Waals surface area (Å²) in [5.41, 5.74) is 9.62. The van der Waals surface area contributed by atoms with Crippen molar-refractivity contribution in [2.75, 3.05) is 5.73 Å². The summed E-state index contributed by atoms with van der Waals surface area (Å²) < 4.78 is 6.36. The van der Waals surface area contributed by atoms with Gasteiger partial charge in [-0.05, 0) is 36.2 Å². The molecule has 1 aromatic heterocycles. The quantitative estimate of drug-likeness (QED) is 0.671. The third-order valence-electron chi connectivity index (χ3n) is 3.31. The van der Waals surface area contributed by atoms with Gasteiger partial charge in [-0.25, -0.2) is 0 Å². The van der Waals surface area contributed by atoms with Crippen molar-refractivity contribution in [1.82, 2.24) is 5.16 Å². The van der Waals surface area contributed by atoms with Crippen LogP contribution in [0.25, 0.3) is 22.5 Å². The highest BCUT2D eigenvalue weighted by Crippen LogP contribution is 2.41. The number of benzene rings is 2. The summed E-state index contributed by atoms with van der Waals surface area (Å²) in [4.78, 5) is 0. The number of aryl methyl sites for hydroxylation is 1. The van der Waals surface area contributed by atoms with Crippen LogP contribution in [0.1, 0.15) is 5.56 Å². The van der Waals surface area contributed by atoms with Gasteiger partial charge in [0.05, 0.1) is 10.6 Å². The van der Waals surface area contributed by atoms with E-state index in [9.17, 15) is 0 Å². The van der Waals surface area contributed by atoms with Gasteiger partial charge in [-0.1, -0.05) is 57.0 Å². The fourth-order valence-electron chi connectivity index (χ4n) is 2.27. The van der Waals surface area contributed by atoms with Gasteiger partial charge < -0.3 is 10.3 Å². The summed E-state index contributed by atoms with van der Waals surface area (Å²) in [6.07, 6.45) is 0. The van der Waals surface area contributed by atoms with Gasteiger partial charge in [0.15, 0.2) is 11.6 Å². The van der Waals surface area contributed by atoms with Crippen molar-refractivity contribution in [1.29, 1.82) is 0 Å². The van der Waals surface area contributed by atoms with Crippen molar-refractivity contribution in [3.63, 3.8) is 0 Å². The first-order valence-electron chi connectivity index (χ1n) is 6.34. The number of nitrogen functional groups attached to an aromatic ring is 1. The molecule has 0 atom stereocenters. The van der Waals surface area contributed by atoms with E-state index in [2.05, 4.69) is 21.1 Å². The van der Waals surface area contributed by atoms with E-state index in [1.54, 1.807) is 6.07 Å². The number of rotatable bonds is 2. The Morgan fingerprint density at radius 2 is 1.90 bits per heavy atom. The molecule has 0 fully saturated rings. The Bertz CT molecular complexity index is 814. The van der Waals surface area contributed by atoms with Crippen molar-refractivity contribution in [3.8, 4) is 22.5 Å². The van der Waals surface area contributed by atoms with Crippen LogP contribution in [-0.4, -0.2) is 5.16 Å². The Kier molecular flexibility index (Phi) is 3.74. The highest BCUT2D eigenvalue weighted by atomic mass is 79.9. The van der Waals surface area contributed by atoms with Crippen molar-refractivity contribution >= 4 is 33.3 Å². The minimum Gasteiger partial charge on any atom is -0.380 e. The summed E-state index contributed by atoms with van der Waals surface area (Å²) in [6, 6.07) is 13.5. The number of hydrogen-bond donors (Lipinski definition) is 1. The molecule has 21 heavy (non-hydrogen) atoms. The van der Waals surface area contributed by atoms with Gasteiger partial charge in [-0.2, -0.15) is 0 Å². The van der Waals surface area contributed by atoms with Crippen molar-refractivity contribution in [2.45, 2.75) is 6.92 Å². The normalized spacial score (nSPS) is 10.8. The van der Waals surface area contributed by atoms with Crippen LogP contribution in [0.2, 0.25) is 5.02 Å². The maximum Gasteiger partial charge on any atom is 0.178 e. The standard InChI is InChI=1S/C16H12BrClN2O/c1-9-4-2-3-5-11(9)14-15(21-20-16(14)19)12-8-10(17)6-7-13(12)18/h2-8H,1H3,(H2,19,20). The number of nitrogens with two attached hydrogens (primary N) is 1. The molecule has 0 aliphatic rings. The van der Waals surface area contributed by atoms with Gasteiger partial charge >= 0.3 is 0 Å². The lowest BCUT2D eigenvalue weighted by molar-refractivity contribution is 0.436. The molecule has 0 amide bonds. The predicted molar refractivity (Wildman–Crippen MR) is 89.2 cm³/mol. The van der Waals surface area contributed by atoms with E-state index in [1.807, 2.05) is 43.3 Å². The van der Waals surface area contributed by atoms with Crippen molar-refractivity contribution in [3.05, 3.63) is 57.5 Å². The molecule has 106 valence electrons. The molecule has 0 aliphatic carbocycles. The fraction of sp³-hybridized carbons (Fsp3) is 0.0625. The molecular formula is C16H12BrClN2O. The van der Waals surface area contributed by atoms with Crippen LogP contribution in [-0.2, 0) is 0 Å². The van der Waals surface area contributed by atoms with E-state index in [1.165, 1.54) is 0 Å².